The van der Waals surface area contributed by atoms with Gasteiger partial charge in [-0.3, -0.25) is 0 Å². The Morgan fingerprint density at radius 3 is 3.21 bits per heavy atom. The van der Waals surface area contributed by atoms with E-state index < -0.39 is 12.1 Å². The lowest BCUT2D eigenvalue weighted by Gasteiger charge is -2.07. The lowest BCUT2D eigenvalue weighted by Crippen LogP contribution is -2.24. The predicted molar refractivity (Wildman–Crippen MR) is 68.6 cm³/mol. The molecule has 2 heterocycles. The maximum absolute atomic E-state index is 10.9. The average Bonchev–Trinajstić information content (AvgIpc) is 3.04. The monoisotopic (exact) mass is 277 g/mol. The molecule has 1 atom stereocenters. The first-order valence-corrected chi connectivity index (χ1v) is 6.64. The second-order valence-electron chi connectivity index (χ2n) is 4.13. The third kappa shape index (κ3) is 2.53. The summed E-state index contributed by atoms with van der Waals surface area (Å²) in [5.74, 6) is 0.297. The molecule has 1 aromatic heterocycles. The van der Waals surface area contributed by atoms with Gasteiger partial charge >= 0.3 is 5.97 Å². The van der Waals surface area contributed by atoms with Crippen molar-refractivity contribution in [1.82, 2.24) is 4.98 Å². The molecule has 6 heteroatoms. The van der Waals surface area contributed by atoms with Gasteiger partial charge in [0, 0.05) is 24.1 Å². The van der Waals surface area contributed by atoms with E-state index in [4.69, 9.17) is 14.6 Å². The van der Waals surface area contributed by atoms with E-state index in [0.717, 1.165) is 10.6 Å². The van der Waals surface area contributed by atoms with Crippen molar-refractivity contribution >= 4 is 17.3 Å². The highest BCUT2D eigenvalue weighted by Crippen LogP contribution is 2.32. The summed E-state index contributed by atoms with van der Waals surface area (Å²) in [5.41, 5.74) is 0.897. The van der Waals surface area contributed by atoms with Crippen LogP contribution in [0.5, 0.6) is 11.5 Å². The smallest absolute Gasteiger partial charge is 0.345 e. The second-order valence-corrected chi connectivity index (χ2v) is 5.11. The Morgan fingerprint density at radius 1 is 1.58 bits per heavy atom. The van der Waals surface area contributed by atoms with E-state index in [-0.39, 0.29) is 0 Å². The van der Waals surface area contributed by atoms with E-state index in [9.17, 15) is 4.79 Å². The third-order valence-corrected chi connectivity index (χ3v) is 3.59. The molecule has 0 spiro atoms. The number of aromatic nitrogens is 1. The Kier molecular flexibility index (Phi) is 3.08. The minimum Gasteiger partial charge on any atom is -0.486 e. The summed E-state index contributed by atoms with van der Waals surface area (Å²) in [6.45, 7) is 0.402. The number of benzene rings is 1. The van der Waals surface area contributed by atoms with E-state index in [1.807, 2.05) is 17.5 Å². The molecular weight excluding hydrogens is 266 g/mol. The van der Waals surface area contributed by atoms with Crippen LogP contribution in [0.15, 0.2) is 29.8 Å². The number of hydrogen-bond acceptors (Lipinski definition) is 5. The average molecular weight is 277 g/mol. The molecule has 0 fully saturated rings. The van der Waals surface area contributed by atoms with Crippen molar-refractivity contribution in [3.63, 3.8) is 0 Å². The van der Waals surface area contributed by atoms with Crippen LogP contribution in [0.4, 0.5) is 0 Å². The highest BCUT2D eigenvalue weighted by Gasteiger charge is 2.28. The number of carbonyl (C=O) groups is 1. The number of carboxylic acids is 1. The van der Waals surface area contributed by atoms with Crippen LogP contribution >= 0.6 is 11.3 Å². The van der Waals surface area contributed by atoms with Crippen LogP contribution in [0.3, 0.4) is 0 Å². The van der Waals surface area contributed by atoms with Gasteiger partial charge in [-0.1, -0.05) is 6.07 Å². The molecule has 0 aliphatic carbocycles. The fraction of sp³-hybridized carbons (Fsp3) is 0.231. The van der Waals surface area contributed by atoms with Gasteiger partial charge in [0.05, 0.1) is 0 Å². The minimum absolute atomic E-state index is 0.400. The van der Waals surface area contributed by atoms with Gasteiger partial charge in [0.2, 0.25) is 0 Å². The summed E-state index contributed by atoms with van der Waals surface area (Å²) in [5, 5.41) is 11.7. The molecule has 0 saturated heterocycles. The van der Waals surface area contributed by atoms with E-state index in [1.54, 1.807) is 12.3 Å². The molecule has 1 N–H and O–H groups in total. The van der Waals surface area contributed by atoms with Gasteiger partial charge in [-0.25, -0.2) is 9.78 Å². The minimum atomic E-state index is -0.943. The zero-order valence-electron chi connectivity index (χ0n) is 9.91. The normalized spacial score (nSPS) is 16.7. The molecule has 1 aromatic carbocycles. The molecule has 1 aliphatic rings. The number of carboxylic acid groups (broad SMARTS) is 1. The Labute approximate surface area is 113 Å². The molecule has 98 valence electrons. The maximum atomic E-state index is 10.9. The summed E-state index contributed by atoms with van der Waals surface area (Å²) in [7, 11) is 0. The SMILES string of the molecule is O=C(O)C1Cc2ccc(OCc3nccs3)cc2O1. The zero-order valence-corrected chi connectivity index (χ0v) is 10.7. The van der Waals surface area contributed by atoms with Gasteiger partial charge < -0.3 is 14.6 Å². The summed E-state index contributed by atoms with van der Waals surface area (Å²) in [6.07, 6.45) is 1.34. The van der Waals surface area contributed by atoms with Gasteiger partial charge in [0.15, 0.2) is 6.10 Å². The molecule has 2 aromatic rings. The molecule has 1 unspecified atom stereocenters. The quantitative estimate of drug-likeness (QED) is 0.927. The fourth-order valence-electron chi connectivity index (χ4n) is 1.90. The standard InChI is InChI=1S/C13H11NO4S/c15-13(16)11-5-8-1-2-9(6-10(8)18-11)17-7-12-14-3-4-19-12/h1-4,6,11H,5,7H2,(H,15,16). The fourth-order valence-corrected chi connectivity index (χ4v) is 2.43. The van der Waals surface area contributed by atoms with Crippen LogP contribution in [0, 0.1) is 0 Å². The Hall–Kier alpha value is -2.08. The largest absolute Gasteiger partial charge is 0.486 e. The summed E-state index contributed by atoms with van der Waals surface area (Å²) >= 11 is 1.53. The highest BCUT2D eigenvalue weighted by atomic mass is 32.1. The molecule has 19 heavy (non-hydrogen) atoms. The topological polar surface area (TPSA) is 68.7 Å². The number of ether oxygens (including phenoxy) is 2. The number of nitrogens with zero attached hydrogens (tertiary/aromatic N) is 1. The Balaban J connectivity index is 1.69. The van der Waals surface area contributed by atoms with E-state index in [1.165, 1.54) is 11.3 Å². The number of aliphatic carboxylic acids is 1. The van der Waals surface area contributed by atoms with Gasteiger partial charge in [0.1, 0.15) is 23.1 Å². The van der Waals surface area contributed by atoms with Crippen molar-refractivity contribution in [2.24, 2.45) is 0 Å². The van der Waals surface area contributed by atoms with Gasteiger partial charge in [-0.05, 0) is 11.6 Å². The van der Waals surface area contributed by atoms with Crippen molar-refractivity contribution in [3.05, 3.63) is 40.3 Å². The zero-order chi connectivity index (χ0) is 13.2. The summed E-state index contributed by atoms with van der Waals surface area (Å²) in [6, 6.07) is 5.39. The predicted octanol–water partition coefficient (Wildman–Crippen LogP) is 2.11. The number of thiazole rings is 1. The number of hydrogen-bond donors (Lipinski definition) is 1. The highest BCUT2D eigenvalue weighted by molar-refractivity contribution is 7.09. The number of rotatable bonds is 4. The molecule has 0 saturated carbocycles. The number of fused-ring (bicyclic) bond motifs is 1. The summed E-state index contributed by atoms with van der Waals surface area (Å²) < 4.78 is 10.9. The van der Waals surface area contributed by atoms with Crippen LogP contribution in [0.1, 0.15) is 10.6 Å². The van der Waals surface area contributed by atoms with E-state index >= 15 is 0 Å². The van der Waals surface area contributed by atoms with Crippen LogP contribution < -0.4 is 9.47 Å². The molecular formula is C13H11NO4S. The molecule has 5 nitrogen and oxygen atoms in total. The van der Waals surface area contributed by atoms with Crippen LogP contribution in [-0.2, 0) is 17.8 Å². The van der Waals surface area contributed by atoms with Crippen LogP contribution in [0.25, 0.3) is 0 Å². The van der Waals surface area contributed by atoms with Gasteiger partial charge in [0.25, 0.3) is 0 Å². The Bertz CT molecular complexity index is 597. The van der Waals surface area contributed by atoms with Gasteiger partial charge in [-0.2, -0.15) is 0 Å². The maximum Gasteiger partial charge on any atom is 0.345 e. The van der Waals surface area contributed by atoms with Crippen molar-refractivity contribution in [3.8, 4) is 11.5 Å². The lowest BCUT2D eigenvalue weighted by atomic mass is 10.1. The van der Waals surface area contributed by atoms with Crippen LogP contribution in [-0.4, -0.2) is 22.2 Å². The van der Waals surface area contributed by atoms with E-state index in [2.05, 4.69) is 4.98 Å². The lowest BCUT2D eigenvalue weighted by molar-refractivity contribution is -0.144. The first-order chi connectivity index (χ1) is 9.22. The molecule has 1 aliphatic heterocycles. The molecule has 3 rings (SSSR count). The van der Waals surface area contributed by atoms with Crippen molar-refractivity contribution < 1.29 is 19.4 Å². The molecule has 0 amide bonds. The van der Waals surface area contributed by atoms with Crippen molar-refractivity contribution in [2.45, 2.75) is 19.1 Å². The first kappa shape index (κ1) is 12.0. The molecule has 0 radical (unpaired) electrons. The summed E-state index contributed by atoms with van der Waals surface area (Å²) in [4.78, 5) is 15.0. The molecule has 0 bridgehead atoms. The van der Waals surface area contributed by atoms with Gasteiger partial charge in [-0.15, -0.1) is 11.3 Å². The van der Waals surface area contributed by atoms with Crippen molar-refractivity contribution in [2.75, 3.05) is 0 Å². The Morgan fingerprint density at radius 2 is 2.47 bits per heavy atom. The van der Waals surface area contributed by atoms with Crippen molar-refractivity contribution in [1.29, 1.82) is 0 Å². The van der Waals surface area contributed by atoms with Crippen LogP contribution in [0.2, 0.25) is 0 Å². The second kappa shape index (κ2) is 4.89. The third-order valence-electron chi connectivity index (χ3n) is 2.83. The first-order valence-electron chi connectivity index (χ1n) is 5.76. The van der Waals surface area contributed by atoms with E-state index in [0.29, 0.717) is 24.5 Å².